The normalized spacial score (nSPS) is 11.1. The highest BCUT2D eigenvalue weighted by molar-refractivity contribution is 9.25. The van der Waals surface area contributed by atoms with Crippen molar-refractivity contribution in [3.05, 3.63) is 30.3 Å². The third kappa shape index (κ3) is 3.95. The van der Waals surface area contributed by atoms with E-state index in [0.717, 1.165) is 6.42 Å². The molecule has 0 saturated carbocycles. The van der Waals surface area contributed by atoms with E-state index in [2.05, 4.69) is 31.9 Å². The van der Waals surface area contributed by atoms with Crippen molar-refractivity contribution in [1.29, 1.82) is 0 Å². The zero-order chi connectivity index (χ0) is 11.3. The van der Waals surface area contributed by atoms with Gasteiger partial charge in [-0.3, -0.25) is 0 Å². The molecule has 0 amide bonds. The number of alkyl halides is 2. The van der Waals surface area contributed by atoms with E-state index in [0.29, 0.717) is 12.2 Å². The zero-order valence-corrected chi connectivity index (χ0v) is 11.5. The molecule has 0 spiro atoms. The first-order chi connectivity index (χ1) is 7.06. The van der Waals surface area contributed by atoms with Gasteiger partial charge in [0.2, 0.25) is 0 Å². The van der Waals surface area contributed by atoms with Crippen LogP contribution in [-0.4, -0.2) is 9.20 Å². The quantitative estimate of drug-likeness (QED) is 0.474. The highest BCUT2D eigenvalue weighted by Crippen LogP contribution is 2.33. The number of halogens is 2. The maximum Gasteiger partial charge on any atom is 0.339 e. The Morgan fingerprint density at radius 3 is 2.47 bits per heavy atom. The van der Waals surface area contributed by atoms with Gasteiger partial charge >= 0.3 is 5.97 Å². The monoisotopic (exact) mass is 334 g/mol. The Kier molecular flexibility index (Phi) is 4.80. The molecule has 1 aromatic carbocycles. The van der Waals surface area contributed by atoms with Crippen LogP contribution in [0.1, 0.15) is 19.8 Å². The van der Waals surface area contributed by atoms with Crippen LogP contribution in [0, 0.1) is 0 Å². The highest BCUT2D eigenvalue weighted by Gasteiger charge is 2.33. The van der Waals surface area contributed by atoms with E-state index >= 15 is 0 Å². The Morgan fingerprint density at radius 1 is 1.33 bits per heavy atom. The first kappa shape index (κ1) is 12.7. The van der Waals surface area contributed by atoms with E-state index in [1.54, 1.807) is 12.1 Å². The molecule has 0 N–H and O–H groups in total. The Hall–Kier alpha value is -0.350. The molecule has 0 fully saturated rings. The largest absolute Gasteiger partial charge is 0.425 e. The van der Waals surface area contributed by atoms with Gasteiger partial charge in [0.1, 0.15) is 5.75 Å². The Morgan fingerprint density at radius 2 is 1.93 bits per heavy atom. The van der Waals surface area contributed by atoms with Gasteiger partial charge in [-0.15, -0.1) is 0 Å². The van der Waals surface area contributed by atoms with Gasteiger partial charge in [-0.05, 0) is 18.6 Å². The summed E-state index contributed by atoms with van der Waals surface area (Å²) in [4.78, 5) is 11.7. The molecular weight excluding hydrogens is 324 g/mol. The fraction of sp³-hybridized carbons (Fsp3) is 0.364. The topological polar surface area (TPSA) is 26.3 Å². The molecule has 0 aliphatic heterocycles. The van der Waals surface area contributed by atoms with Gasteiger partial charge in [-0.1, -0.05) is 63.4 Å². The Labute approximate surface area is 106 Å². The van der Waals surface area contributed by atoms with Crippen molar-refractivity contribution >= 4 is 37.8 Å². The van der Waals surface area contributed by atoms with Crippen LogP contribution in [0.15, 0.2) is 30.3 Å². The van der Waals surface area contributed by atoms with Crippen molar-refractivity contribution in [2.24, 2.45) is 0 Å². The molecule has 1 rings (SSSR count). The molecule has 0 aromatic heterocycles. The van der Waals surface area contributed by atoms with E-state index in [1.165, 1.54) is 0 Å². The second kappa shape index (κ2) is 5.66. The molecule has 82 valence electrons. The molecule has 0 aliphatic carbocycles. The number of para-hydroxylation sites is 1. The molecule has 2 nitrogen and oxygen atoms in total. The standard InChI is InChI=1S/C11H12Br2O2/c1-2-8-11(12,13)10(14)15-9-6-4-3-5-7-9/h3-7H,2,8H2,1H3. The van der Waals surface area contributed by atoms with Crippen LogP contribution in [0.4, 0.5) is 0 Å². The molecule has 4 heteroatoms. The van der Waals surface area contributed by atoms with Crippen LogP contribution in [0.3, 0.4) is 0 Å². The van der Waals surface area contributed by atoms with Gasteiger partial charge in [0, 0.05) is 0 Å². The van der Waals surface area contributed by atoms with Crippen LogP contribution >= 0.6 is 31.9 Å². The van der Waals surface area contributed by atoms with Crippen molar-refractivity contribution in [3.63, 3.8) is 0 Å². The molecule has 0 bridgehead atoms. The highest BCUT2D eigenvalue weighted by atomic mass is 79.9. The van der Waals surface area contributed by atoms with E-state index in [1.807, 2.05) is 25.1 Å². The third-order valence-electron chi connectivity index (χ3n) is 1.82. The fourth-order valence-corrected chi connectivity index (χ4v) is 2.04. The summed E-state index contributed by atoms with van der Waals surface area (Å²) in [5, 5.41) is 0. The second-order valence-electron chi connectivity index (χ2n) is 3.16. The second-order valence-corrected chi connectivity index (χ2v) is 6.93. The van der Waals surface area contributed by atoms with Gasteiger partial charge in [0.05, 0.1) is 0 Å². The van der Waals surface area contributed by atoms with E-state index in [4.69, 9.17) is 4.74 Å². The summed E-state index contributed by atoms with van der Waals surface area (Å²) in [7, 11) is 0. The summed E-state index contributed by atoms with van der Waals surface area (Å²) in [6.07, 6.45) is 1.57. The van der Waals surface area contributed by atoms with Crippen LogP contribution in [0.2, 0.25) is 0 Å². The average Bonchev–Trinajstić information content (AvgIpc) is 2.19. The molecule has 0 heterocycles. The number of benzene rings is 1. The van der Waals surface area contributed by atoms with Gasteiger partial charge in [-0.25, -0.2) is 4.79 Å². The van der Waals surface area contributed by atoms with Crippen LogP contribution < -0.4 is 4.74 Å². The zero-order valence-electron chi connectivity index (χ0n) is 8.37. The lowest BCUT2D eigenvalue weighted by atomic mass is 10.2. The number of rotatable bonds is 4. The lowest BCUT2D eigenvalue weighted by molar-refractivity contribution is -0.134. The maximum atomic E-state index is 11.7. The fourth-order valence-electron chi connectivity index (χ4n) is 1.09. The van der Waals surface area contributed by atoms with Crippen LogP contribution in [0.5, 0.6) is 5.75 Å². The lowest BCUT2D eigenvalue weighted by Gasteiger charge is -2.17. The van der Waals surface area contributed by atoms with Crippen molar-refractivity contribution in [1.82, 2.24) is 0 Å². The number of hydrogen-bond donors (Lipinski definition) is 0. The smallest absolute Gasteiger partial charge is 0.339 e. The summed E-state index contributed by atoms with van der Waals surface area (Å²) in [5.74, 6) is 0.234. The molecule has 1 aromatic rings. The first-order valence-electron chi connectivity index (χ1n) is 4.71. The van der Waals surface area contributed by atoms with Gasteiger partial charge in [0.25, 0.3) is 0 Å². The summed E-state index contributed by atoms with van der Waals surface area (Å²) < 4.78 is 4.43. The molecule has 0 aliphatic rings. The minimum Gasteiger partial charge on any atom is -0.425 e. The van der Waals surface area contributed by atoms with Gasteiger partial charge < -0.3 is 4.74 Å². The molecule has 0 radical (unpaired) electrons. The minimum atomic E-state index is -0.773. The summed E-state index contributed by atoms with van der Waals surface area (Å²) >= 11 is 6.61. The number of hydrogen-bond acceptors (Lipinski definition) is 2. The maximum absolute atomic E-state index is 11.7. The van der Waals surface area contributed by atoms with Crippen molar-refractivity contribution in [2.45, 2.75) is 23.0 Å². The molecular formula is C11H12Br2O2. The van der Waals surface area contributed by atoms with Gasteiger partial charge in [0.15, 0.2) is 3.23 Å². The number of esters is 1. The summed E-state index contributed by atoms with van der Waals surface area (Å²) in [5.41, 5.74) is 0. The molecule has 0 atom stereocenters. The Balaban J connectivity index is 2.63. The van der Waals surface area contributed by atoms with E-state index in [9.17, 15) is 4.79 Å². The lowest BCUT2D eigenvalue weighted by Crippen LogP contribution is -2.29. The van der Waals surface area contributed by atoms with Gasteiger partial charge in [-0.2, -0.15) is 0 Å². The van der Waals surface area contributed by atoms with Crippen LogP contribution in [-0.2, 0) is 4.79 Å². The predicted octanol–water partition coefficient (Wildman–Crippen LogP) is 3.88. The molecule has 0 unspecified atom stereocenters. The van der Waals surface area contributed by atoms with Crippen LogP contribution in [0.25, 0.3) is 0 Å². The summed E-state index contributed by atoms with van der Waals surface area (Å²) in [6.45, 7) is 2.01. The number of carbonyl (C=O) groups excluding carboxylic acids is 1. The van der Waals surface area contributed by atoms with Crippen molar-refractivity contribution < 1.29 is 9.53 Å². The summed E-state index contributed by atoms with van der Waals surface area (Å²) in [6, 6.07) is 9.03. The number of ether oxygens (including phenoxy) is 1. The predicted molar refractivity (Wildman–Crippen MR) is 67.6 cm³/mol. The molecule has 0 saturated heterocycles. The molecule has 15 heavy (non-hydrogen) atoms. The minimum absolute atomic E-state index is 0.324. The average molecular weight is 336 g/mol. The van der Waals surface area contributed by atoms with E-state index in [-0.39, 0.29) is 5.97 Å². The first-order valence-corrected chi connectivity index (χ1v) is 6.30. The third-order valence-corrected chi connectivity index (χ3v) is 3.26. The Bertz CT molecular complexity index is 323. The van der Waals surface area contributed by atoms with Crippen molar-refractivity contribution in [2.75, 3.05) is 0 Å². The van der Waals surface area contributed by atoms with E-state index < -0.39 is 3.23 Å². The van der Waals surface area contributed by atoms with Crippen molar-refractivity contribution in [3.8, 4) is 5.75 Å². The number of carbonyl (C=O) groups is 1. The SMILES string of the molecule is CCCC(Br)(Br)C(=O)Oc1ccccc1.